The summed E-state index contributed by atoms with van der Waals surface area (Å²) >= 11 is 0. The summed E-state index contributed by atoms with van der Waals surface area (Å²) < 4.78 is 49.0. The number of carbonyl (C=O) groups is 2. The molecule has 0 aliphatic carbocycles. The van der Waals surface area contributed by atoms with Crippen molar-refractivity contribution in [1.29, 1.82) is 0 Å². The third-order valence-corrected chi connectivity index (χ3v) is 3.54. The highest BCUT2D eigenvalue weighted by Gasteiger charge is 2.32. The van der Waals surface area contributed by atoms with Crippen LogP contribution >= 0.6 is 0 Å². The average Bonchev–Trinajstić information content (AvgIpc) is 2.64. The number of halogens is 3. The highest BCUT2D eigenvalue weighted by molar-refractivity contribution is 5.93. The number of nitrogens with one attached hydrogen (secondary N) is 1. The number of alkyl halides is 3. The van der Waals surface area contributed by atoms with E-state index in [1.165, 1.54) is 24.3 Å². The lowest BCUT2D eigenvalue weighted by Gasteiger charge is -2.13. The normalized spacial score (nSPS) is 11.0. The largest absolute Gasteiger partial charge is 0.493 e. The van der Waals surface area contributed by atoms with Gasteiger partial charge in [0.05, 0.1) is 12.2 Å². The Kier molecular flexibility index (Phi) is 6.81. The lowest BCUT2D eigenvalue weighted by Crippen LogP contribution is -2.29. The number of amides is 1. The van der Waals surface area contributed by atoms with E-state index in [9.17, 15) is 22.8 Å². The Morgan fingerprint density at radius 3 is 2.41 bits per heavy atom. The van der Waals surface area contributed by atoms with Crippen LogP contribution in [0.3, 0.4) is 0 Å². The molecule has 0 saturated heterocycles. The van der Waals surface area contributed by atoms with Crippen LogP contribution < -0.4 is 10.1 Å². The standard InChI is InChI=1S/C19H18F3NO4/c1-2-26-16-10-6-4-8-14(16)18(25)27-12-17(24)23-11-13-7-3-5-9-15(13)19(20,21)22/h3-10H,2,11-12H2,1H3,(H,23,24). The smallest absolute Gasteiger partial charge is 0.416 e. The monoisotopic (exact) mass is 381 g/mol. The second kappa shape index (κ2) is 9.07. The first-order valence-corrected chi connectivity index (χ1v) is 8.13. The van der Waals surface area contributed by atoms with E-state index in [2.05, 4.69) is 5.32 Å². The molecule has 27 heavy (non-hydrogen) atoms. The highest BCUT2D eigenvalue weighted by atomic mass is 19.4. The quantitative estimate of drug-likeness (QED) is 0.745. The molecule has 0 aliphatic rings. The molecule has 0 atom stereocenters. The van der Waals surface area contributed by atoms with E-state index in [4.69, 9.17) is 9.47 Å². The van der Waals surface area contributed by atoms with Gasteiger partial charge < -0.3 is 14.8 Å². The number of benzene rings is 2. The van der Waals surface area contributed by atoms with E-state index in [-0.39, 0.29) is 17.7 Å². The summed E-state index contributed by atoms with van der Waals surface area (Å²) in [6, 6.07) is 11.3. The summed E-state index contributed by atoms with van der Waals surface area (Å²) in [6.45, 7) is 1.16. The molecular formula is C19H18F3NO4. The fraction of sp³-hybridized carbons (Fsp3) is 0.263. The first kappa shape index (κ1) is 20.3. The van der Waals surface area contributed by atoms with Crippen molar-refractivity contribution in [2.45, 2.75) is 19.6 Å². The number of esters is 1. The molecule has 5 nitrogen and oxygen atoms in total. The molecule has 144 valence electrons. The van der Waals surface area contributed by atoms with Gasteiger partial charge in [0.15, 0.2) is 6.61 Å². The van der Waals surface area contributed by atoms with Gasteiger partial charge in [-0.25, -0.2) is 4.79 Å². The van der Waals surface area contributed by atoms with Crippen molar-refractivity contribution in [2.75, 3.05) is 13.2 Å². The van der Waals surface area contributed by atoms with Crippen molar-refractivity contribution in [3.8, 4) is 5.75 Å². The van der Waals surface area contributed by atoms with Gasteiger partial charge in [0, 0.05) is 6.54 Å². The molecule has 0 heterocycles. The Labute approximate surface area is 154 Å². The van der Waals surface area contributed by atoms with Crippen molar-refractivity contribution in [3.05, 3.63) is 65.2 Å². The zero-order chi connectivity index (χ0) is 19.9. The molecular weight excluding hydrogens is 363 g/mol. The molecule has 1 amide bonds. The van der Waals surface area contributed by atoms with Gasteiger partial charge in [0.1, 0.15) is 11.3 Å². The predicted octanol–water partition coefficient (Wildman–Crippen LogP) is 3.58. The van der Waals surface area contributed by atoms with Crippen LogP contribution in [0.4, 0.5) is 13.2 Å². The summed E-state index contributed by atoms with van der Waals surface area (Å²) in [7, 11) is 0. The fourth-order valence-corrected chi connectivity index (χ4v) is 2.32. The molecule has 2 rings (SSSR count). The van der Waals surface area contributed by atoms with Crippen LogP contribution in [0, 0.1) is 0 Å². The Hall–Kier alpha value is -3.03. The first-order valence-electron chi connectivity index (χ1n) is 8.13. The number of carbonyl (C=O) groups excluding carboxylic acids is 2. The Bertz CT molecular complexity index is 806. The third kappa shape index (κ3) is 5.73. The van der Waals surface area contributed by atoms with Crippen LogP contribution in [0.15, 0.2) is 48.5 Å². The van der Waals surface area contributed by atoms with Crippen LogP contribution in [0.2, 0.25) is 0 Å². The van der Waals surface area contributed by atoms with Crippen molar-refractivity contribution in [2.24, 2.45) is 0 Å². The van der Waals surface area contributed by atoms with Crippen molar-refractivity contribution in [3.63, 3.8) is 0 Å². The topological polar surface area (TPSA) is 64.6 Å². The van der Waals surface area contributed by atoms with E-state index in [0.29, 0.717) is 12.4 Å². The van der Waals surface area contributed by atoms with E-state index in [1.807, 2.05) is 0 Å². The number of ether oxygens (including phenoxy) is 2. The molecule has 0 saturated carbocycles. The molecule has 0 aromatic heterocycles. The summed E-state index contributed by atoms with van der Waals surface area (Å²) in [5.41, 5.74) is -0.742. The number of hydrogen-bond donors (Lipinski definition) is 1. The molecule has 0 spiro atoms. The van der Waals surface area contributed by atoms with E-state index < -0.39 is 30.2 Å². The van der Waals surface area contributed by atoms with Gasteiger partial charge in [-0.3, -0.25) is 4.79 Å². The molecule has 2 aromatic rings. The van der Waals surface area contributed by atoms with Crippen molar-refractivity contribution < 1.29 is 32.2 Å². The van der Waals surface area contributed by atoms with E-state index >= 15 is 0 Å². The predicted molar refractivity (Wildman–Crippen MR) is 91.2 cm³/mol. The first-order chi connectivity index (χ1) is 12.8. The zero-order valence-corrected chi connectivity index (χ0v) is 14.5. The fourth-order valence-electron chi connectivity index (χ4n) is 2.32. The van der Waals surface area contributed by atoms with Crippen molar-refractivity contribution in [1.82, 2.24) is 5.32 Å². The van der Waals surface area contributed by atoms with Gasteiger partial charge in [-0.2, -0.15) is 13.2 Å². The maximum atomic E-state index is 12.9. The SMILES string of the molecule is CCOc1ccccc1C(=O)OCC(=O)NCc1ccccc1C(F)(F)F. The molecule has 0 unspecified atom stereocenters. The van der Waals surface area contributed by atoms with Crippen LogP contribution in [-0.2, 0) is 22.3 Å². The summed E-state index contributed by atoms with van der Waals surface area (Å²) in [5.74, 6) is -1.15. The summed E-state index contributed by atoms with van der Waals surface area (Å²) in [6.07, 6.45) is -4.52. The minimum Gasteiger partial charge on any atom is -0.493 e. The number of rotatable bonds is 7. The molecule has 0 fully saturated rings. The van der Waals surface area contributed by atoms with Crippen molar-refractivity contribution >= 4 is 11.9 Å². The van der Waals surface area contributed by atoms with Crippen LogP contribution in [0.1, 0.15) is 28.4 Å². The third-order valence-electron chi connectivity index (χ3n) is 3.54. The van der Waals surface area contributed by atoms with Crippen LogP contribution in [0.25, 0.3) is 0 Å². The second-order valence-corrected chi connectivity index (χ2v) is 5.44. The van der Waals surface area contributed by atoms with Gasteiger partial charge in [-0.1, -0.05) is 30.3 Å². The lowest BCUT2D eigenvalue weighted by molar-refractivity contribution is -0.138. The minimum absolute atomic E-state index is 0.0774. The molecule has 2 aromatic carbocycles. The molecule has 0 radical (unpaired) electrons. The van der Waals surface area contributed by atoms with E-state index in [1.54, 1.807) is 25.1 Å². The Balaban J connectivity index is 1.92. The number of hydrogen-bond acceptors (Lipinski definition) is 4. The van der Waals surface area contributed by atoms with Crippen LogP contribution in [-0.4, -0.2) is 25.1 Å². The Morgan fingerprint density at radius 2 is 1.70 bits per heavy atom. The number of para-hydroxylation sites is 1. The maximum Gasteiger partial charge on any atom is 0.416 e. The lowest BCUT2D eigenvalue weighted by atomic mass is 10.1. The van der Waals surface area contributed by atoms with Gasteiger partial charge in [0.25, 0.3) is 5.91 Å². The van der Waals surface area contributed by atoms with E-state index in [0.717, 1.165) is 6.07 Å². The molecule has 1 N–H and O–H groups in total. The van der Waals surface area contributed by atoms with Gasteiger partial charge in [0.2, 0.25) is 0 Å². The molecule has 0 bridgehead atoms. The van der Waals surface area contributed by atoms with Crippen LogP contribution in [0.5, 0.6) is 5.75 Å². The maximum absolute atomic E-state index is 12.9. The van der Waals surface area contributed by atoms with Gasteiger partial charge in [-0.05, 0) is 30.7 Å². The second-order valence-electron chi connectivity index (χ2n) is 5.44. The van der Waals surface area contributed by atoms with Gasteiger partial charge in [-0.15, -0.1) is 0 Å². The summed E-state index contributed by atoms with van der Waals surface area (Å²) in [4.78, 5) is 23.9. The Morgan fingerprint density at radius 1 is 1.04 bits per heavy atom. The summed E-state index contributed by atoms with van der Waals surface area (Å²) in [5, 5.41) is 2.31. The molecule has 8 heteroatoms. The average molecular weight is 381 g/mol. The molecule has 0 aliphatic heterocycles. The minimum atomic E-state index is -4.52. The highest BCUT2D eigenvalue weighted by Crippen LogP contribution is 2.31. The zero-order valence-electron chi connectivity index (χ0n) is 14.5. The van der Waals surface area contributed by atoms with Gasteiger partial charge >= 0.3 is 12.1 Å².